The summed E-state index contributed by atoms with van der Waals surface area (Å²) in [5.74, 6) is 0.604. The minimum Gasteiger partial charge on any atom is -0.427 e. The van der Waals surface area contributed by atoms with Gasteiger partial charge in [-0.2, -0.15) is 0 Å². The number of thiazole rings is 1. The van der Waals surface area contributed by atoms with E-state index in [4.69, 9.17) is 9.64 Å². The molecule has 104 valence electrons. The zero-order valence-corrected chi connectivity index (χ0v) is 12.5. The van der Waals surface area contributed by atoms with Crippen LogP contribution in [0.25, 0.3) is 11.3 Å². The van der Waals surface area contributed by atoms with Crippen molar-refractivity contribution in [3.8, 4) is 11.3 Å². The fraction of sp³-hybridized carbons (Fsp3) is 0.400. The minimum atomic E-state index is 0.573. The number of nitrogens with zero attached hydrogens (tertiary/aromatic N) is 1. The van der Waals surface area contributed by atoms with Crippen LogP contribution in [0.3, 0.4) is 0 Å². The Hall–Kier alpha value is -1.17. The van der Waals surface area contributed by atoms with E-state index in [0.29, 0.717) is 19.6 Å². The average Bonchev–Trinajstić information content (AvgIpc) is 3.15. The Morgan fingerprint density at radius 2 is 2.15 bits per heavy atom. The molecule has 2 unspecified atom stereocenters. The lowest BCUT2D eigenvalue weighted by atomic mass is 10.1. The van der Waals surface area contributed by atoms with E-state index < -0.39 is 0 Å². The molecule has 1 fully saturated rings. The summed E-state index contributed by atoms with van der Waals surface area (Å²) in [5, 5.41) is 6.89. The van der Waals surface area contributed by atoms with Gasteiger partial charge in [0.25, 0.3) is 0 Å². The van der Waals surface area contributed by atoms with Crippen molar-refractivity contribution in [2.45, 2.75) is 31.2 Å². The molecule has 0 spiro atoms. The number of nitrogens with one attached hydrogen (secondary N) is 1. The Morgan fingerprint density at radius 1 is 1.30 bits per heavy atom. The standard InChI is InChI=1S/C15H19BN2OS/c1-19-16-18-13-8-7-12(9-13)15-17-14(10-20-15)11-5-3-2-4-6-11/h2-6,10,12-13,16,18H,7-9H2,1H3. The van der Waals surface area contributed by atoms with Crippen LogP contribution in [0.5, 0.6) is 0 Å². The van der Waals surface area contributed by atoms with Crippen LogP contribution < -0.4 is 5.23 Å². The minimum absolute atomic E-state index is 0.573. The smallest absolute Gasteiger partial charge is 0.360 e. The van der Waals surface area contributed by atoms with Crippen molar-refractivity contribution in [2.24, 2.45) is 0 Å². The number of benzene rings is 1. The molecule has 0 aliphatic heterocycles. The zero-order chi connectivity index (χ0) is 13.8. The van der Waals surface area contributed by atoms with E-state index in [-0.39, 0.29) is 0 Å². The fourth-order valence-electron chi connectivity index (χ4n) is 2.81. The lowest BCUT2D eigenvalue weighted by Crippen LogP contribution is -2.31. The molecule has 5 heteroatoms. The van der Waals surface area contributed by atoms with E-state index in [0.717, 1.165) is 5.69 Å². The highest BCUT2D eigenvalue weighted by Gasteiger charge is 2.27. The Balaban J connectivity index is 1.66. The number of rotatable bonds is 5. The molecule has 0 saturated heterocycles. The third kappa shape index (κ3) is 3.11. The first-order chi connectivity index (χ1) is 9.86. The topological polar surface area (TPSA) is 34.1 Å². The van der Waals surface area contributed by atoms with Gasteiger partial charge in [0.15, 0.2) is 0 Å². The predicted molar refractivity (Wildman–Crippen MR) is 85.2 cm³/mol. The van der Waals surface area contributed by atoms with E-state index >= 15 is 0 Å². The predicted octanol–water partition coefficient (Wildman–Crippen LogP) is 2.95. The lowest BCUT2D eigenvalue weighted by molar-refractivity contribution is 0.420. The quantitative estimate of drug-likeness (QED) is 0.858. The summed E-state index contributed by atoms with van der Waals surface area (Å²) in [4.78, 5) is 4.84. The summed E-state index contributed by atoms with van der Waals surface area (Å²) in [6, 6.07) is 11.0. The van der Waals surface area contributed by atoms with Crippen molar-refractivity contribution in [3.63, 3.8) is 0 Å². The second kappa shape index (κ2) is 6.52. The van der Waals surface area contributed by atoms with Crippen molar-refractivity contribution in [1.82, 2.24) is 10.2 Å². The fourth-order valence-corrected chi connectivity index (χ4v) is 3.79. The van der Waals surface area contributed by atoms with E-state index in [1.54, 1.807) is 18.4 Å². The molecule has 2 aromatic rings. The Labute approximate surface area is 124 Å². The second-order valence-corrected chi connectivity index (χ2v) is 6.17. The van der Waals surface area contributed by atoms with Crippen LogP contribution in [0.2, 0.25) is 0 Å². The molecule has 3 rings (SSSR count). The molecule has 2 atom stereocenters. The molecule has 20 heavy (non-hydrogen) atoms. The van der Waals surface area contributed by atoms with E-state index in [1.807, 2.05) is 6.07 Å². The lowest BCUT2D eigenvalue weighted by Gasteiger charge is -2.10. The Morgan fingerprint density at radius 3 is 2.95 bits per heavy atom. The van der Waals surface area contributed by atoms with Crippen molar-refractivity contribution in [1.29, 1.82) is 0 Å². The van der Waals surface area contributed by atoms with Gasteiger partial charge in [-0.3, -0.25) is 0 Å². The van der Waals surface area contributed by atoms with Gasteiger partial charge in [0.05, 0.1) is 10.7 Å². The normalized spacial score (nSPS) is 22.1. The molecule has 0 amide bonds. The molecule has 0 radical (unpaired) electrons. The van der Waals surface area contributed by atoms with Gasteiger partial charge in [-0.15, -0.1) is 11.3 Å². The monoisotopic (exact) mass is 286 g/mol. The highest BCUT2D eigenvalue weighted by atomic mass is 32.1. The molecule has 1 aliphatic rings. The first-order valence-corrected chi connectivity index (χ1v) is 7.98. The Bertz CT molecular complexity index is 546. The number of hydrogen-bond acceptors (Lipinski definition) is 4. The molecule has 1 aromatic carbocycles. The summed E-state index contributed by atoms with van der Waals surface area (Å²) in [6.07, 6.45) is 3.61. The van der Waals surface area contributed by atoms with E-state index in [2.05, 4.69) is 34.9 Å². The van der Waals surface area contributed by atoms with Crippen molar-refractivity contribution in [3.05, 3.63) is 40.7 Å². The molecule has 1 N–H and O–H groups in total. The van der Waals surface area contributed by atoms with Crippen molar-refractivity contribution >= 4 is 19.0 Å². The van der Waals surface area contributed by atoms with Crippen LogP contribution in [0.15, 0.2) is 35.7 Å². The summed E-state index contributed by atoms with van der Waals surface area (Å²) < 4.78 is 5.08. The first-order valence-electron chi connectivity index (χ1n) is 7.10. The summed E-state index contributed by atoms with van der Waals surface area (Å²) in [7, 11) is 2.37. The molecule has 3 nitrogen and oxygen atoms in total. The van der Waals surface area contributed by atoms with Crippen LogP contribution >= 0.6 is 11.3 Å². The average molecular weight is 286 g/mol. The van der Waals surface area contributed by atoms with Gasteiger partial charge in [-0.25, -0.2) is 4.98 Å². The molecule has 1 heterocycles. The molecule has 1 aliphatic carbocycles. The summed E-state index contributed by atoms with van der Waals surface area (Å²) in [6.45, 7) is 0. The van der Waals surface area contributed by atoms with Gasteiger partial charge in [0, 0.05) is 24.0 Å². The molecule has 1 saturated carbocycles. The van der Waals surface area contributed by atoms with E-state index in [1.165, 1.54) is 29.8 Å². The van der Waals surface area contributed by atoms with Gasteiger partial charge in [-0.1, -0.05) is 30.3 Å². The highest BCUT2D eigenvalue weighted by molar-refractivity contribution is 7.10. The van der Waals surface area contributed by atoms with Crippen LogP contribution in [-0.2, 0) is 4.65 Å². The maximum absolute atomic E-state index is 5.08. The molecule has 0 bridgehead atoms. The number of hydrogen-bond donors (Lipinski definition) is 1. The van der Waals surface area contributed by atoms with Gasteiger partial charge in [0.1, 0.15) is 0 Å². The third-order valence-corrected chi connectivity index (χ3v) is 4.90. The Kier molecular flexibility index (Phi) is 4.50. The van der Waals surface area contributed by atoms with Crippen LogP contribution in [0.4, 0.5) is 0 Å². The van der Waals surface area contributed by atoms with E-state index in [9.17, 15) is 0 Å². The maximum Gasteiger partial charge on any atom is 0.360 e. The maximum atomic E-state index is 5.08. The van der Waals surface area contributed by atoms with Crippen molar-refractivity contribution < 1.29 is 4.65 Å². The second-order valence-electron chi connectivity index (χ2n) is 5.28. The summed E-state index contributed by atoms with van der Waals surface area (Å²) in [5.41, 5.74) is 2.32. The summed E-state index contributed by atoms with van der Waals surface area (Å²) >= 11 is 1.80. The molecule has 1 aromatic heterocycles. The highest BCUT2D eigenvalue weighted by Crippen LogP contribution is 2.37. The molecular weight excluding hydrogens is 267 g/mol. The van der Waals surface area contributed by atoms with Crippen LogP contribution in [0.1, 0.15) is 30.2 Å². The van der Waals surface area contributed by atoms with Gasteiger partial charge < -0.3 is 9.88 Å². The SMILES string of the molecule is COBNC1CCC(c2nc(-c3ccccc3)cs2)C1. The zero-order valence-electron chi connectivity index (χ0n) is 11.7. The van der Waals surface area contributed by atoms with Crippen molar-refractivity contribution in [2.75, 3.05) is 7.11 Å². The number of aromatic nitrogens is 1. The molecular formula is C15H19BN2OS. The first kappa shape index (κ1) is 13.8. The van der Waals surface area contributed by atoms with Crippen LogP contribution in [-0.4, -0.2) is 25.8 Å². The van der Waals surface area contributed by atoms with Gasteiger partial charge >= 0.3 is 7.62 Å². The third-order valence-electron chi connectivity index (χ3n) is 3.89. The largest absolute Gasteiger partial charge is 0.427 e. The van der Waals surface area contributed by atoms with Gasteiger partial charge in [0.2, 0.25) is 0 Å². The van der Waals surface area contributed by atoms with Crippen LogP contribution in [0, 0.1) is 0 Å². The van der Waals surface area contributed by atoms with Gasteiger partial charge in [-0.05, 0) is 25.3 Å².